The van der Waals surface area contributed by atoms with Crippen LogP contribution in [0.4, 0.5) is 10.5 Å². The second-order valence-corrected chi connectivity index (χ2v) is 6.22. The van der Waals surface area contributed by atoms with Crippen molar-refractivity contribution in [2.24, 2.45) is 0 Å². The Labute approximate surface area is 138 Å². The molecule has 1 aromatic rings. The van der Waals surface area contributed by atoms with E-state index in [4.69, 9.17) is 23.2 Å². The molecular weight excluding hydrogens is 323 g/mol. The molecule has 1 atom stereocenters. The maximum absolute atomic E-state index is 12.4. The first kappa shape index (κ1) is 15.1. The van der Waals surface area contributed by atoms with Crippen molar-refractivity contribution in [3.8, 4) is 0 Å². The molecule has 1 fully saturated rings. The van der Waals surface area contributed by atoms with Gasteiger partial charge in [0.05, 0.1) is 10.0 Å². The molecule has 3 rings (SSSR count). The summed E-state index contributed by atoms with van der Waals surface area (Å²) in [4.78, 5) is 26.2. The number of nitrogens with zero attached hydrogens (tertiary/aromatic N) is 1. The molecule has 0 radical (unpaired) electrons. The molecule has 1 N–H and O–H groups in total. The van der Waals surface area contributed by atoms with Crippen LogP contribution >= 0.6 is 23.2 Å². The molecular formula is C16H14Cl2N2O2. The number of carbonyl (C=O) groups excluding carboxylic acids is 2. The van der Waals surface area contributed by atoms with Crippen LogP contribution in [0.25, 0.3) is 0 Å². The van der Waals surface area contributed by atoms with E-state index in [0.717, 1.165) is 18.4 Å². The third-order valence-electron chi connectivity index (χ3n) is 4.03. The maximum Gasteiger partial charge on any atom is 0.329 e. The Balaban J connectivity index is 2.12. The summed E-state index contributed by atoms with van der Waals surface area (Å²) < 4.78 is 0. The quantitative estimate of drug-likeness (QED) is 0.827. The number of nitrogens with one attached hydrogen (secondary N) is 1. The van der Waals surface area contributed by atoms with Crippen LogP contribution in [0.3, 0.4) is 0 Å². The summed E-state index contributed by atoms with van der Waals surface area (Å²) in [6.07, 6.45) is 7.67. The number of benzene rings is 1. The number of imide groups is 1. The number of carbonyl (C=O) groups is 2. The Morgan fingerprint density at radius 1 is 1.18 bits per heavy atom. The molecule has 1 heterocycles. The highest BCUT2D eigenvalue weighted by Gasteiger charge is 2.52. The van der Waals surface area contributed by atoms with Gasteiger partial charge >= 0.3 is 6.03 Å². The number of amides is 3. The number of anilines is 1. The topological polar surface area (TPSA) is 49.4 Å². The predicted octanol–water partition coefficient (Wildman–Crippen LogP) is 4.08. The fraction of sp³-hybridized carbons (Fsp3) is 0.250. The third-order valence-corrected chi connectivity index (χ3v) is 4.77. The summed E-state index contributed by atoms with van der Waals surface area (Å²) in [5, 5.41) is 3.12. The van der Waals surface area contributed by atoms with E-state index in [2.05, 4.69) is 5.32 Å². The van der Waals surface area contributed by atoms with Crippen LogP contribution in [0.2, 0.25) is 10.0 Å². The van der Waals surface area contributed by atoms with Crippen molar-refractivity contribution in [1.82, 2.24) is 5.32 Å². The van der Waals surface area contributed by atoms with Gasteiger partial charge in [-0.1, -0.05) is 41.4 Å². The highest BCUT2D eigenvalue weighted by molar-refractivity contribution is 6.42. The van der Waals surface area contributed by atoms with Crippen LogP contribution < -0.4 is 10.2 Å². The summed E-state index contributed by atoms with van der Waals surface area (Å²) in [7, 11) is 0. The first-order valence-corrected chi connectivity index (χ1v) is 7.68. The largest absolute Gasteiger partial charge is 0.329 e. The van der Waals surface area contributed by atoms with Gasteiger partial charge in [0.15, 0.2) is 5.54 Å². The van der Waals surface area contributed by atoms with Crippen LogP contribution in [0.1, 0.15) is 19.8 Å². The van der Waals surface area contributed by atoms with Crippen molar-refractivity contribution in [1.29, 1.82) is 0 Å². The average Bonchev–Trinajstić information content (AvgIpc) is 2.74. The van der Waals surface area contributed by atoms with Crippen molar-refractivity contribution in [3.63, 3.8) is 0 Å². The van der Waals surface area contributed by atoms with E-state index in [1.54, 1.807) is 25.1 Å². The van der Waals surface area contributed by atoms with E-state index >= 15 is 0 Å². The molecule has 1 aromatic carbocycles. The molecule has 0 bridgehead atoms. The van der Waals surface area contributed by atoms with Crippen molar-refractivity contribution in [3.05, 3.63) is 52.0 Å². The van der Waals surface area contributed by atoms with Gasteiger partial charge in [-0.25, -0.2) is 4.79 Å². The zero-order valence-electron chi connectivity index (χ0n) is 11.9. The Kier molecular flexibility index (Phi) is 3.75. The number of halogens is 2. The fourth-order valence-electron chi connectivity index (χ4n) is 2.81. The summed E-state index contributed by atoms with van der Waals surface area (Å²) in [6, 6.07) is 4.41. The highest BCUT2D eigenvalue weighted by Crippen LogP contribution is 2.38. The predicted molar refractivity (Wildman–Crippen MR) is 87.3 cm³/mol. The molecule has 1 saturated heterocycles. The maximum atomic E-state index is 12.4. The van der Waals surface area contributed by atoms with Crippen molar-refractivity contribution in [2.75, 3.05) is 4.90 Å². The van der Waals surface area contributed by atoms with Crippen LogP contribution in [0.15, 0.2) is 42.0 Å². The van der Waals surface area contributed by atoms with Crippen molar-refractivity contribution in [2.45, 2.75) is 25.3 Å². The average molecular weight is 337 g/mol. The summed E-state index contributed by atoms with van der Waals surface area (Å²) >= 11 is 12.0. The Hall–Kier alpha value is -1.78. The van der Waals surface area contributed by atoms with Crippen LogP contribution in [-0.2, 0) is 4.79 Å². The van der Waals surface area contributed by atoms with E-state index < -0.39 is 11.6 Å². The lowest BCUT2D eigenvalue weighted by Crippen LogP contribution is -2.48. The summed E-state index contributed by atoms with van der Waals surface area (Å²) in [5.41, 5.74) is 0.235. The minimum Gasteiger partial charge on any atom is -0.275 e. The minimum atomic E-state index is -1.09. The first-order chi connectivity index (χ1) is 10.4. The molecule has 1 unspecified atom stereocenters. The molecule has 114 valence electrons. The van der Waals surface area contributed by atoms with Crippen molar-refractivity contribution < 1.29 is 9.59 Å². The fourth-order valence-corrected chi connectivity index (χ4v) is 3.11. The zero-order chi connectivity index (χ0) is 15.9. The minimum absolute atomic E-state index is 0.335. The van der Waals surface area contributed by atoms with E-state index in [-0.39, 0.29) is 5.91 Å². The van der Waals surface area contributed by atoms with Gasteiger partial charge in [0, 0.05) is 5.69 Å². The van der Waals surface area contributed by atoms with Crippen LogP contribution in [0.5, 0.6) is 0 Å². The molecule has 3 amide bonds. The normalized spacial score (nSPS) is 24.5. The monoisotopic (exact) mass is 336 g/mol. The SMILES string of the molecule is CC1(C2=CCCC=C2)C(=O)NC(=O)N1c1ccc(Cl)c(Cl)c1. The highest BCUT2D eigenvalue weighted by atomic mass is 35.5. The molecule has 0 spiro atoms. The van der Waals surface area contributed by atoms with Gasteiger partial charge in [0.25, 0.3) is 5.91 Å². The molecule has 0 aromatic heterocycles. The molecule has 0 saturated carbocycles. The third kappa shape index (κ3) is 2.23. The molecule has 6 heteroatoms. The van der Waals surface area contributed by atoms with E-state index in [0.29, 0.717) is 15.7 Å². The van der Waals surface area contributed by atoms with Crippen molar-refractivity contribution >= 4 is 40.8 Å². The second-order valence-electron chi connectivity index (χ2n) is 5.40. The molecule has 1 aliphatic heterocycles. The lowest BCUT2D eigenvalue weighted by molar-refractivity contribution is -0.121. The van der Waals surface area contributed by atoms with E-state index in [9.17, 15) is 9.59 Å². The van der Waals surface area contributed by atoms with Gasteiger partial charge < -0.3 is 0 Å². The smallest absolute Gasteiger partial charge is 0.275 e. The second kappa shape index (κ2) is 5.45. The number of allylic oxidation sites excluding steroid dienone is 2. The van der Waals surface area contributed by atoms with Gasteiger partial charge in [-0.05, 0) is 43.5 Å². The lowest BCUT2D eigenvalue weighted by atomic mass is 9.86. The number of urea groups is 1. The molecule has 1 aliphatic carbocycles. The standard InChI is InChI=1S/C16H14Cl2N2O2/c1-16(10-5-3-2-4-6-10)14(21)19-15(22)20(16)11-7-8-12(17)13(18)9-11/h3,5-9H,2,4H2,1H3,(H,19,21,22). The Morgan fingerprint density at radius 3 is 2.59 bits per heavy atom. The van der Waals surface area contributed by atoms with Crippen LogP contribution in [-0.4, -0.2) is 17.5 Å². The Morgan fingerprint density at radius 2 is 1.95 bits per heavy atom. The van der Waals surface area contributed by atoms with E-state index in [1.807, 2.05) is 18.2 Å². The summed E-state index contributed by atoms with van der Waals surface area (Å²) in [6.45, 7) is 1.73. The number of rotatable bonds is 2. The zero-order valence-corrected chi connectivity index (χ0v) is 13.4. The molecule has 22 heavy (non-hydrogen) atoms. The van der Waals surface area contributed by atoms with Gasteiger partial charge in [-0.3, -0.25) is 15.0 Å². The van der Waals surface area contributed by atoms with Gasteiger partial charge in [-0.15, -0.1) is 0 Å². The van der Waals surface area contributed by atoms with Gasteiger partial charge in [0.1, 0.15) is 0 Å². The number of hydrogen-bond acceptors (Lipinski definition) is 2. The lowest BCUT2D eigenvalue weighted by Gasteiger charge is -2.34. The first-order valence-electron chi connectivity index (χ1n) is 6.92. The molecule has 2 aliphatic rings. The molecule has 4 nitrogen and oxygen atoms in total. The number of hydrogen-bond donors (Lipinski definition) is 1. The Bertz CT molecular complexity index is 727. The van der Waals surface area contributed by atoms with Gasteiger partial charge in [0.2, 0.25) is 0 Å². The van der Waals surface area contributed by atoms with E-state index in [1.165, 1.54) is 4.90 Å². The van der Waals surface area contributed by atoms with Gasteiger partial charge in [-0.2, -0.15) is 0 Å². The summed E-state index contributed by atoms with van der Waals surface area (Å²) in [5.74, 6) is -0.346. The van der Waals surface area contributed by atoms with Crippen LogP contribution in [0, 0.1) is 0 Å².